The van der Waals surface area contributed by atoms with Gasteiger partial charge in [-0.3, -0.25) is 4.99 Å². The lowest BCUT2D eigenvalue weighted by atomic mass is 10.1. The molecule has 1 atom stereocenters. The fraction of sp³-hybridized carbons (Fsp3) is 0.409. The average molecular weight is 529 g/mol. The van der Waals surface area contributed by atoms with Gasteiger partial charge >= 0.3 is 0 Å². The molecular weight excluding hydrogens is 497 g/mol. The summed E-state index contributed by atoms with van der Waals surface area (Å²) in [6.07, 6.45) is -0.682. The normalized spacial score (nSPS) is 11.8. The van der Waals surface area contributed by atoms with Gasteiger partial charge in [0.2, 0.25) is 0 Å². The fourth-order valence-corrected chi connectivity index (χ4v) is 2.65. The standard InChI is InChI=1S/C22H31N3O4.HI/c1-5-23-22(24-16-21(26)17-6-8-18(27-3)9-7-17)25(2)14-15-29-20-12-10-19(28-4)11-13-20;/h6-13,21,26H,5,14-16H2,1-4H3,(H,23,24);1H. The number of ether oxygens (including phenoxy) is 3. The summed E-state index contributed by atoms with van der Waals surface area (Å²) in [5.74, 6) is 3.07. The van der Waals surface area contributed by atoms with Crippen molar-refractivity contribution in [2.75, 3.05) is 47.5 Å². The van der Waals surface area contributed by atoms with Crippen molar-refractivity contribution in [3.05, 3.63) is 54.1 Å². The molecule has 0 heterocycles. The van der Waals surface area contributed by atoms with Crippen LogP contribution in [0.5, 0.6) is 17.2 Å². The summed E-state index contributed by atoms with van der Waals surface area (Å²) in [6, 6.07) is 14.8. The predicted octanol–water partition coefficient (Wildman–Crippen LogP) is 3.33. The maximum Gasteiger partial charge on any atom is 0.193 e. The van der Waals surface area contributed by atoms with Crippen LogP contribution in [0.4, 0.5) is 0 Å². The van der Waals surface area contributed by atoms with Gasteiger partial charge in [-0.25, -0.2) is 0 Å². The smallest absolute Gasteiger partial charge is 0.193 e. The second-order valence-electron chi connectivity index (χ2n) is 6.43. The summed E-state index contributed by atoms with van der Waals surface area (Å²) in [5.41, 5.74) is 0.802. The average Bonchev–Trinajstić information content (AvgIpc) is 2.76. The minimum absolute atomic E-state index is 0. The Bertz CT molecular complexity index is 754. The van der Waals surface area contributed by atoms with Gasteiger partial charge in [-0.1, -0.05) is 12.1 Å². The number of halogens is 1. The highest BCUT2D eigenvalue weighted by Crippen LogP contribution is 2.18. The molecule has 0 aliphatic heterocycles. The number of nitrogens with zero attached hydrogens (tertiary/aromatic N) is 2. The molecule has 0 fully saturated rings. The summed E-state index contributed by atoms with van der Waals surface area (Å²) in [5, 5.41) is 13.7. The van der Waals surface area contributed by atoms with Gasteiger partial charge in [-0.2, -0.15) is 0 Å². The molecule has 8 heteroatoms. The Labute approximate surface area is 196 Å². The number of guanidine groups is 1. The van der Waals surface area contributed by atoms with Gasteiger partial charge in [-0.05, 0) is 48.9 Å². The van der Waals surface area contributed by atoms with Crippen molar-refractivity contribution in [1.29, 1.82) is 0 Å². The minimum atomic E-state index is -0.682. The molecule has 166 valence electrons. The number of hydrogen-bond acceptors (Lipinski definition) is 5. The van der Waals surface area contributed by atoms with Crippen LogP contribution < -0.4 is 19.5 Å². The number of methoxy groups -OCH3 is 2. The molecule has 30 heavy (non-hydrogen) atoms. The Morgan fingerprint density at radius 2 is 1.53 bits per heavy atom. The lowest BCUT2D eigenvalue weighted by molar-refractivity contribution is 0.186. The van der Waals surface area contributed by atoms with E-state index < -0.39 is 6.10 Å². The molecule has 0 radical (unpaired) electrons. The van der Waals surface area contributed by atoms with Crippen molar-refractivity contribution in [2.45, 2.75) is 13.0 Å². The van der Waals surface area contributed by atoms with Gasteiger partial charge in [0.05, 0.1) is 33.4 Å². The Morgan fingerprint density at radius 3 is 2.07 bits per heavy atom. The molecule has 0 saturated heterocycles. The molecule has 2 aromatic carbocycles. The Morgan fingerprint density at radius 1 is 1.00 bits per heavy atom. The number of aliphatic hydroxyl groups is 1. The van der Waals surface area contributed by atoms with Gasteiger partial charge in [0, 0.05) is 13.6 Å². The number of aliphatic hydroxyl groups excluding tert-OH is 1. The second-order valence-corrected chi connectivity index (χ2v) is 6.43. The molecule has 0 amide bonds. The number of likely N-dealkylation sites (N-methyl/N-ethyl adjacent to an activating group) is 1. The van der Waals surface area contributed by atoms with Crippen LogP contribution in [-0.4, -0.2) is 63.5 Å². The van der Waals surface area contributed by atoms with Crippen molar-refractivity contribution in [1.82, 2.24) is 10.2 Å². The maximum absolute atomic E-state index is 10.4. The minimum Gasteiger partial charge on any atom is -0.497 e. The quantitative estimate of drug-likeness (QED) is 0.280. The van der Waals surface area contributed by atoms with Crippen molar-refractivity contribution in [2.24, 2.45) is 4.99 Å². The molecule has 0 saturated carbocycles. The summed E-state index contributed by atoms with van der Waals surface area (Å²) in [4.78, 5) is 6.54. The first-order valence-corrected chi connectivity index (χ1v) is 9.65. The highest BCUT2D eigenvalue weighted by atomic mass is 127. The highest BCUT2D eigenvalue weighted by Gasteiger charge is 2.10. The third-order valence-corrected chi connectivity index (χ3v) is 4.37. The molecule has 0 spiro atoms. The van der Waals surface area contributed by atoms with Gasteiger partial charge < -0.3 is 29.5 Å². The highest BCUT2D eigenvalue weighted by molar-refractivity contribution is 14.0. The summed E-state index contributed by atoms with van der Waals surface area (Å²) in [6.45, 7) is 4.17. The zero-order valence-corrected chi connectivity index (χ0v) is 20.3. The molecule has 2 rings (SSSR count). The van der Waals surface area contributed by atoms with E-state index in [1.54, 1.807) is 14.2 Å². The molecule has 7 nitrogen and oxygen atoms in total. The van der Waals surface area contributed by atoms with E-state index in [4.69, 9.17) is 14.2 Å². The van der Waals surface area contributed by atoms with E-state index in [-0.39, 0.29) is 30.5 Å². The third-order valence-electron chi connectivity index (χ3n) is 4.37. The van der Waals surface area contributed by atoms with Crippen LogP contribution in [0.3, 0.4) is 0 Å². The SMILES string of the molecule is CCNC(=NCC(O)c1ccc(OC)cc1)N(C)CCOc1ccc(OC)cc1.I. The largest absolute Gasteiger partial charge is 0.497 e. The molecule has 2 N–H and O–H groups in total. The fourth-order valence-electron chi connectivity index (χ4n) is 2.65. The Kier molecular flexibility index (Phi) is 12.0. The Balaban J connectivity index is 0.00000450. The van der Waals surface area contributed by atoms with E-state index in [0.29, 0.717) is 13.2 Å². The van der Waals surface area contributed by atoms with Crippen molar-refractivity contribution >= 4 is 29.9 Å². The van der Waals surface area contributed by atoms with E-state index in [2.05, 4.69) is 10.3 Å². The first-order valence-electron chi connectivity index (χ1n) is 9.65. The lowest BCUT2D eigenvalue weighted by Gasteiger charge is -2.22. The number of nitrogens with one attached hydrogen (secondary N) is 1. The van der Waals surface area contributed by atoms with E-state index in [1.807, 2.05) is 67.4 Å². The molecular formula is C22H32IN3O4. The number of benzene rings is 2. The van der Waals surface area contributed by atoms with Gasteiger partial charge in [0.25, 0.3) is 0 Å². The van der Waals surface area contributed by atoms with Crippen molar-refractivity contribution in [3.63, 3.8) is 0 Å². The van der Waals surface area contributed by atoms with Crippen LogP contribution in [-0.2, 0) is 0 Å². The van der Waals surface area contributed by atoms with Gasteiger partial charge in [0.15, 0.2) is 5.96 Å². The Hall–Kier alpha value is -2.20. The number of rotatable bonds is 10. The summed E-state index contributed by atoms with van der Waals surface area (Å²) in [7, 11) is 5.20. The van der Waals surface area contributed by atoms with Crippen LogP contribution in [0.25, 0.3) is 0 Å². The van der Waals surface area contributed by atoms with Crippen LogP contribution in [0.15, 0.2) is 53.5 Å². The maximum atomic E-state index is 10.4. The van der Waals surface area contributed by atoms with Crippen molar-refractivity contribution < 1.29 is 19.3 Å². The summed E-state index contributed by atoms with van der Waals surface area (Å²) >= 11 is 0. The van der Waals surface area contributed by atoms with E-state index in [9.17, 15) is 5.11 Å². The lowest BCUT2D eigenvalue weighted by Crippen LogP contribution is -2.41. The molecule has 0 aromatic heterocycles. The number of hydrogen-bond donors (Lipinski definition) is 2. The third kappa shape index (κ3) is 8.27. The molecule has 0 bridgehead atoms. The van der Waals surface area contributed by atoms with E-state index >= 15 is 0 Å². The van der Waals surface area contributed by atoms with Crippen LogP contribution >= 0.6 is 24.0 Å². The molecule has 2 aromatic rings. The molecule has 0 aliphatic rings. The van der Waals surface area contributed by atoms with Crippen molar-refractivity contribution in [3.8, 4) is 17.2 Å². The summed E-state index contributed by atoms with van der Waals surface area (Å²) < 4.78 is 16.1. The van der Waals surface area contributed by atoms with Crippen LogP contribution in [0.1, 0.15) is 18.6 Å². The first-order chi connectivity index (χ1) is 14.1. The van der Waals surface area contributed by atoms with Crippen LogP contribution in [0, 0.1) is 0 Å². The van der Waals surface area contributed by atoms with Crippen LogP contribution in [0.2, 0.25) is 0 Å². The predicted molar refractivity (Wildman–Crippen MR) is 130 cm³/mol. The zero-order valence-electron chi connectivity index (χ0n) is 18.0. The number of aliphatic imine (C=N–C) groups is 1. The van der Waals surface area contributed by atoms with E-state index in [1.165, 1.54) is 0 Å². The zero-order chi connectivity index (χ0) is 21.1. The second kappa shape index (κ2) is 13.9. The monoisotopic (exact) mass is 529 g/mol. The molecule has 0 aliphatic carbocycles. The van der Waals surface area contributed by atoms with E-state index in [0.717, 1.165) is 35.3 Å². The first kappa shape index (κ1) is 25.8. The van der Waals surface area contributed by atoms with Gasteiger partial charge in [-0.15, -0.1) is 24.0 Å². The van der Waals surface area contributed by atoms with Gasteiger partial charge in [0.1, 0.15) is 23.9 Å². The molecule has 1 unspecified atom stereocenters. The topological polar surface area (TPSA) is 75.6 Å².